The molecule has 0 aromatic carbocycles. The van der Waals surface area contributed by atoms with Crippen LogP contribution in [0.4, 0.5) is 0 Å². The van der Waals surface area contributed by atoms with Crippen LogP contribution in [0.1, 0.15) is 32.1 Å². The highest BCUT2D eigenvalue weighted by Gasteiger charge is 2.36. The largest absolute Gasteiger partial charge is 0.326 e. The van der Waals surface area contributed by atoms with E-state index in [1.54, 1.807) is 6.26 Å². The van der Waals surface area contributed by atoms with E-state index in [0.717, 1.165) is 13.0 Å². The second-order valence-electron chi connectivity index (χ2n) is 5.09. The van der Waals surface area contributed by atoms with Gasteiger partial charge in [-0.05, 0) is 25.2 Å². The molecule has 1 N–H and O–H groups in total. The third kappa shape index (κ3) is 3.28. The Morgan fingerprint density at radius 2 is 2.12 bits per heavy atom. The topological polar surface area (TPSA) is 49.4 Å². The van der Waals surface area contributed by atoms with E-state index in [9.17, 15) is 9.00 Å². The molecule has 2 unspecified atom stereocenters. The van der Waals surface area contributed by atoms with Gasteiger partial charge in [-0.1, -0.05) is 12.8 Å². The minimum absolute atomic E-state index is 0.212. The molecule has 0 radical (unpaired) electrons. The van der Waals surface area contributed by atoms with E-state index in [4.69, 9.17) is 0 Å². The first-order valence-corrected chi connectivity index (χ1v) is 8.24. The fourth-order valence-electron chi connectivity index (χ4n) is 2.95. The molecular weight excluding hydrogens is 236 g/mol. The number of nitrogens with one attached hydrogen (secondary N) is 1. The van der Waals surface area contributed by atoms with E-state index in [2.05, 4.69) is 5.32 Å². The zero-order chi connectivity index (χ0) is 12.3. The van der Waals surface area contributed by atoms with Crippen molar-refractivity contribution in [1.29, 1.82) is 0 Å². The summed E-state index contributed by atoms with van der Waals surface area (Å²) in [6, 6.07) is 0. The molecular formula is C12H22N2O2S. The number of hydrogen-bond acceptors (Lipinski definition) is 3. The van der Waals surface area contributed by atoms with Crippen LogP contribution in [-0.2, 0) is 15.6 Å². The summed E-state index contributed by atoms with van der Waals surface area (Å²) in [6.45, 7) is 1.24. The number of carbonyl (C=O) groups is 1. The van der Waals surface area contributed by atoms with E-state index in [-0.39, 0.29) is 12.1 Å². The summed E-state index contributed by atoms with van der Waals surface area (Å²) >= 11 is 0. The van der Waals surface area contributed by atoms with Gasteiger partial charge in [0, 0.05) is 29.4 Å². The first-order valence-electron chi connectivity index (χ1n) is 6.51. The molecule has 17 heavy (non-hydrogen) atoms. The van der Waals surface area contributed by atoms with Crippen LogP contribution < -0.4 is 5.32 Å². The van der Waals surface area contributed by atoms with E-state index < -0.39 is 10.8 Å². The van der Waals surface area contributed by atoms with Crippen molar-refractivity contribution in [3.8, 4) is 0 Å². The highest BCUT2D eigenvalue weighted by atomic mass is 32.2. The van der Waals surface area contributed by atoms with Crippen LogP contribution in [0.5, 0.6) is 0 Å². The molecule has 0 spiro atoms. The molecule has 2 atom stereocenters. The number of amides is 1. The molecule has 4 nitrogen and oxygen atoms in total. The van der Waals surface area contributed by atoms with Crippen molar-refractivity contribution in [3.63, 3.8) is 0 Å². The number of carbonyl (C=O) groups excluding carboxylic acids is 1. The monoisotopic (exact) mass is 258 g/mol. The predicted molar refractivity (Wildman–Crippen MR) is 69.0 cm³/mol. The van der Waals surface area contributed by atoms with E-state index >= 15 is 0 Å². The lowest BCUT2D eigenvalue weighted by atomic mass is 10.0. The lowest BCUT2D eigenvalue weighted by molar-refractivity contribution is -0.128. The van der Waals surface area contributed by atoms with Gasteiger partial charge in [0.05, 0.1) is 12.7 Å². The van der Waals surface area contributed by atoms with Gasteiger partial charge < -0.3 is 4.90 Å². The minimum atomic E-state index is -0.748. The number of hydrogen-bond donors (Lipinski definition) is 1. The summed E-state index contributed by atoms with van der Waals surface area (Å²) in [4.78, 5) is 13.8. The fourth-order valence-corrected chi connectivity index (χ4v) is 3.49. The van der Waals surface area contributed by atoms with Crippen molar-refractivity contribution in [2.75, 3.05) is 25.1 Å². The van der Waals surface area contributed by atoms with Gasteiger partial charge in [0.1, 0.15) is 0 Å². The molecule has 1 saturated carbocycles. The second kappa shape index (κ2) is 5.96. The van der Waals surface area contributed by atoms with Crippen LogP contribution in [0.3, 0.4) is 0 Å². The van der Waals surface area contributed by atoms with Crippen LogP contribution in [-0.4, -0.2) is 46.3 Å². The highest BCUT2D eigenvalue weighted by molar-refractivity contribution is 7.84. The number of rotatable bonds is 5. The van der Waals surface area contributed by atoms with Gasteiger partial charge in [-0.15, -0.1) is 0 Å². The van der Waals surface area contributed by atoms with E-state index in [0.29, 0.717) is 18.2 Å². The van der Waals surface area contributed by atoms with Crippen LogP contribution in [0.2, 0.25) is 0 Å². The summed E-state index contributed by atoms with van der Waals surface area (Å²) in [6.07, 6.45) is 7.88. The van der Waals surface area contributed by atoms with Gasteiger partial charge in [0.2, 0.25) is 5.91 Å². The Bertz CT molecular complexity index is 303. The molecule has 5 heteroatoms. The third-order valence-corrected chi connectivity index (χ3v) is 4.66. The summed E-state index contributed by atoms with van der Waals surface area (Å²) in [7, 11) is -0.748. The Balaban J connectivity index is 1.87. The molecule has 2 fully saturated rings. The molecule has 0 aromatic heterocycles. The smallest absolute Gasteiger partial charge is 0.237 e. The van der Waals surface area contributed by atoms with Crippen molar-refractivity contribution < 1.29 is 9.00 Å². The maximum Gasteiger partial charge on any atom is 0.237 e. The Kier molecular flexibility index (Phi) is 4.56. The average molecular weight is 258 g/mol. The van der Waals surface area contributed by atoms with Gasteiger partial charge in [-0.2, -0.15) is 0 Å². The summed E-state index contributed by atoms with van der Waals surface area (Å²) in [5.74, 6) is 1.54. The molecule has 0 bridgehead atoms. The SMILES string of the molecule is CS(=O)CCCN1C(=O)CNC1C1CCCC1. The molecule has 1 aliphatic carbocycles. The van der Waals surface area contributed by atoms with E-state index in [1.165, 1.54) is 25.7 Å². The van der Waals surface area contributed by atoms with Gasteiger partial charge in [-0.25, -0.2) is 0 Å². The van der Waals surface area contributed by atoms with Crippen molar-refractivity contribution in [2.45, 2.75) is 38.3 Å². The van der Waals surface area contributed by atoms with Crippen LogP contribution in [0.25, 0.3) is 0 Å². The zero-order valence-electron chi connectivity index (χ0n) is 10.5. The van der Waals surface area contributed by atoms with Gasteiger partial charge >= 0.3 is 0 Å². The molecule has 1 heterocycles. The quantitative estimate of drug-likeness (QED) is 0.790. The Morgan fingerprint density at radius 3 is 2.76 bits per heavy atom. The van der Waals surface area contributed by atoms with Crippen LogP contribution in [0, 0.1) is 5.92 Å². The molecule has 2 rings (SSSR count). The standard InChI is InChI=1S/C12H22N2O2S/c1-17(16)8-4-7-14-11(15)9-13-12(14)10-5-2-3-6-10/h10,12-13H,2-9H2,1H3. The number of nitrogens with zero attached hydrogens (tertiary/aromatic N) is 1. The van der Waals surface area contributed by atoms with Crippen LogP contribution in [0.15, 0.2) is 0 Å². The lowest BCUT2D eigenvalue weighted by Gasteiger charge is -2.29. The molecule has 1 aliphatic heterocycles. The third-order valence-electron chi connectivity index (χ3n) is 3.80. The maximum absolute atomic E-state index is 11.8. The molecule has 1 saturated heterocycles. The Hall–Kier alpha value is -0.420. The molecule has 1 amide bonds. The Morgan fingerprint density at radius 1 is 1.41 bits per heavy atom. The maximum atomic E-state index is 11.8. The van der Waals surface area contributed by atoms with Gasteiger partial charge in [0.25, 0.3) is 0 Å². The normalized spacial score (nSPS) is 27.9. The van der Waals surface area contributed by atoms with Crippen molar-refractivity contribution in [2.24, 2.45) is 5.92 Å². The summed E-state index contributed by atoms with van der Waals surface area (Å²) < 4.78 is 11.0. The first kappa shape index (κ1) is 13.0. The highest BCUT2D eigenvalue weighted by Crippen LogP contribution is 2.30. The zero-order valence-corrected chi connectivity index (χ0v) is 11.3. The summed E-state index contributed by atoms with van der Waals surface area (Å²) in [5.41, 5.74) is 0. The lowest BCUT2D eigenvalue weighted by Crippen LogP contribution is -2.43. The van der Waals surface area contributed by atoms with Gasteiger partial charge in [-0.3, -0.25) is 14.3 Å². The van der Waals surface area contributed by atoms with Crippen molar-refractivity contribution in [1.82, 2.24) is 10.2 Å². The second-order valence-corrected chi connectivity index (χ2v) is 6.64. The Labute approximate surface area is 106 Å². The van der Waals surface area contributed by atoms with Gasteiger partial charge in [0.15, 0.2) is 0 Å². The fraction of sp³-hybridized carbons (Fsp3) is 0.917. The summed E-state index contributed by atoms with van der Waals surface area (Å²) in [5, 5.41) is 3.34. The first-order chi connectivity index (χ1) is 8.18. The molecule has 0 aromatic rings. The average Bonchev–Trinajstić information content (AvgIpc) is 2.88. The predicted octanol–water partition coefficient (Wildman–Crippen LogP) is 0.703. The van der Waals surface area contributed by atoms with Crippen LogP contribution >= 0.6 is 0 Å². The van der Waals surface area contributed by atoms with E-state index in [1.807, 2.05) is 4.90 Å². The minimum Gasteiger partial charge on any atom is -0.326 e. The van der Waals surface area contributed by atoms with Crippen molar-refractivity contribution >= 4 is 16.7 Å². The van der Waals surface area contributed by atoms with Crippen molar-refractivity contribution in [3.05, 3.63) is 0 Å². The molecule has 98 valence electrons. The molecule has 2 aliphatic rings.